The van der Waals surface area contributed by atoms with Crippen LogP contribution in [0, 0.1) is 12.8 Å². The van der Waals surface area contributed by atoms with Crippen molar-refractivity contribution in [3.63, 3.8) is 0 Å². The Bertz CT molecular complexity index is 1710. The second-order valence-electron chi connectivity index (χ2n) is 9.92. The van der Waals surface area contributed by atoms with E-state index in [-0.39, 0.29) is 30.1 Å². The Labute approximate surface area is 209 Å². The van der Waals surface area contributed by atoms with Crippen molar-refractivity contribution in [1.82, 2.24) is 43.8 Å². The zero-order valence-corrected chi connectivity index (χ0v) is 20.3. The van der Waals surface area contributed by atoms with E-state index < -0.39 is 0 Å². The molecule has 0 spiro atoms. The van der Waals surface area contributed by atoms with E-state index >= 15 is 0 Å². The third kappa shape index (κ3) is 3.77. The molecular weight excluding hydrogens is 476 g/mol. The van der Waals surface area contributed by atoms with Crippen molar-refractivity contribution in [2.45, 2.75) is 58.3 Å². The van der Waals surface area contributed by atoms with Crippen molar-refractivity contribution in [1.29, 1.82) is 0 Å². The number of fused-ring (bicyclic) bond motifs is 3. The summed E-state index contributed by atoms with van der Waals surface area (Å²) in [6.07, 6.45) is 5.71. The van der Waals surface area contributed by atoms with Crippen LogP contribution in [-0.4, -0.2) is 50.4 Å². The third-order valence-corrected chi connectivity index (χ3v) is 6.92. The normalized spacial score (nSPS) is 15.7. The highest BCUT2D eigenvalue weighted by molar-refractivity contribution is 5.93. The van der Waals surface area contributed by atoms with Crippen LogP contribution in [0.5, 0.6) is 0 Å². The van der Waals surface area contributed by atoms with E-state index in [0.29, 0.717) is 53.1 Å². The first kappa shape index (κ1) is 21.8. The Kier molecular flexibility index (Phi) is 4.75. The SMILES string of the molecule is Cc1cc(C(=O)NC2CC2)n(CCn2c(=O)n(CC3CC3)c3c2nc(N)n2nc(-c4ccco4)nc32)n1. The van der Waals surface area contributed by atoms with Gasteiger partial charge in [0.25, 0.3) is 5.91 Å². The molecule has 5 heterocycles. The molecule has 1 amide bonds. The first-order valence-electron chi connectivity index (χ1n) is 12.5. The quantitative estimate of drug-likeness (QED) is 0.324. The number of nitrogens with one attached hydrogen (secondary N) is 1. The number of anilines is 1. The Balaban J connectivity index is 1.32. The number of hydrogen-bond acceptors (Lipinski definition) is 8. The fourth-order valence-electron chi connectivity index (χ4n) is 4.72. The van der Waals surface area contributed by atoms with Crippen LogP contribution in [-0.2, 0) is 19.6 Å². The average Bonchev–Trinajstić information content (AvgIpc) is 3.65. The Morgan fingerprint density at radius 3 is 2.70 bits per heavy atom. The van der Waals surface area contributed by atoms with E-state index in [1.165, 1.54) is 4.52 Å². The Hall–Kier alpha value is -4.42. The number of amides is 1. The molecule has 0 aromatic carbocycles. The van der Waals surface area contributed by atoms with Crippen LogP contribution in [0.3, 0.4) is 0 Å². The highest BCUT2D eigenvalue weighted by Crippen LogP contribution is 2.32. The summed E-state index contributed by atoms with van der Waals surface area (Å²) < 4.78 is 11.9. The van der Waals surface area contributed by atoms with Crippen LogP contribution in [0.4, 0.5) is 5.95 Å². The second kappa shape index (κ2) is 8.05. The van der Waals surface area contributed by atoms with Crippen molar-refractivity contribution < 1.29 is 9.21 Å². The molecule has 13 nitrogen and oxygen atoms in total. The second-order valence-corrected chi connectivity index (χ2v) is 9.92. The van der Waals surface area contributed by atoms with Crippen LogP contribution in [0.1, 0.15) is 41.9 Å². The van der Waals surface area contributed by atoms with Crippen LogP contribution in [0.15, 0.2) is 33.7 Å². The van der Waals surface area contributed by atoms with Crippen molar-refractivity contribution in [3.8, 4) is 11.6 Å². The smallest absolute Gasteiger partial charge is 0.330 e. The number of furan rings is 1. The van der Waals surface area contributed by atoms with E-state index in [2.05, 4.69) is 25.5 Å². The first-order chi connectivity index (χ1) is 18.0. The molecule has 0 atom stereocenters. The van der Waals surface area contributed by atoms with Gasteiger partial charge in [-0.3, -0.25) is 18.6 Å². The van der Waals surface area contributed by atoms with Crippen LogP contribution in [0.2, 0.25) is 0 Å². The summed E-state index contributed by atoms with van der Waals surface area (Å²) >= 11 is 0. The number of rotatable bonds is 8. The number of aryl methyl sites for hydroxylation is 3. The Morgan fingerprint density at radius 2 is 1.97 bits per heavy atom. The summed E-state index contributed by atoms with van der Waals surface area (Å²) in [5, 5.41) is 12.0. The molecule has 7 rings (SSSR count). The summed E-state index contributed by atoms with van der Waals surface area (Å²) in [4.78, 5) is 35.7. The predicted molar refractivity (Wildman–Crippen MR) is 133 cm³/mol. The lowest BCUT2D eigenvalue weighted by Gasteiger charge is -2.08. The number of carbonyl (C=O) groups excluding carboxylic acids is 1. The number of hydrogen-bond donors (Lipinski definition) is 2. The van der Waals surface area contributed by atoms with Crippen LogP contribution >= 0.6 is 0 Å². The number of nitrogens with zero attached hydrogens (tertiary/aromatic N) is 8. The number of carbonyl (C=O) groups is 1. The van der Waals surface area contributed by atoms with Crippen molar-refractivity contribution in [2.24, 2.45) is 5.92 Å². The minimum atomic E-state index is -0.197. The number of nitrogen functional groups attached to an aromatic ring is 1. The first-order valence-corrected chi connectivity index (χ1v) is 12.5. The summed E-state index contributed by atoms with van der Waals surface area (Å²) in [6, 6.07) is 5.53. The molecule has 0 bridgehead atoms. The minimum absolute atomic E-state index is 0.115. The van der Waals surface area contributed by atoms with E-state index in [4.69, 9.17) is 10.2 Å². The van der Waals surface area contributed by atoms with E-state index in [1.54, 1.807) is 38.3 Å². The van der Waals surface area contributed by atoms with Gasteiger partial charge >= 0.3 is 5.69 Å². The van der Waals surface area contributed by atoms with Gasteiger partial charge in [-0.15, -0.1) is 5.10 Å². The number of nitrogens with two attached hydrogens (primary N) is 1. The third-order valence-electron chi connectivity index (χ3n) is 6.92. The highest BCUT2D eigenvalue weighted by Gasteiger charge is 2.29. The molecule has 5 aromatic rings. The van der Waals surface area contributed by atoms with E-state index in [9.17, 15) is 9.59 Å². The summed E-state index contributed by atoms with van der Waals surface area (Å²) in [7, 11) is 0. The van der Waals surface area contributed by atoms with Gasteiger partial charge in [-0.25, -0.2) is 9.78 Å². The fourth-order valence-corrected chi connectivity index (χ4v) is 4.72. The van der Waals surface area contributed by atoms with Gasteiger partial charge in [0, 0.05) is 19.1 Å². The lowest BCUT2D eigenvalue weighted by atomic mass is 10.3. The molecule has 0 unspecified atom stereocenters. The van der Waals surface area contributed by atoms with Gasteiger partial charge in [-0.05, 0) is 56.7 Å². The zero-order valence-electron chi connectivity index (χ0n) is 20.3. The molecule has 190 valence electrons. The van der Waals surface area contributed by atoms with Gasteiger partial charge < -0.3 is 15.5 Å². The van der Waals surface area contributed by atoms with E-state index in [0.717, 1.165) is 31.4 Å². The molecule has 2 aliphatic carbocycles. The van der Waals surface area contributed by atoms with Gasteiger partial charge in [0.2, 0.25) is 11.8 Å². The average molecular weight is 503 g/mol. The number of imidazole rings is 1. The topological polar surface area (TPSA) is 156 Å². The predicted octanol–water partition coefficient (Wildman–Crippen LogP) is 1.59. The van der Waals surface area contributed by atoms with Crippen molar-refractivity contribution in [2.75, 3.05) is 5.73 Å². The standard InChI is InChI=1S/C24H26N10O3/c1-13-11-16(22(35)26-15-6-7-15)33(29-13)9-8-31-20-18(32(24(31)36)12-14-4-5-14)21-27-19(17-3-2-10-37-17)30-34(21)23(25)28-20/h2-3,10-11,14-15H,4-9,12H2,1H3,(H2,25,28)(H,26,35). The summed E-state index contributed by atoms with van der Waals surface area (Å²) in [5.41, 5.74) is 8.77. The minimum Gasteiger partial charge on any atom is -0.461 e. The monoisotopic (exact) mass is 502 g/mol. The molecule has 2 saturated carbocycles. The van der Waals surface area contributed by atoms with Gasteiger partial charge in [0.1, 0.15) is 11.2 Å². The molecule has 2 fully saturated rings. The summed E-state index contributed by atoms with van der Waals surface area (Å²) in [5.74, 6) is 1.27. The molecule has 0 saturated heterocycles. The molecular formula is C24H26N10O3. The molecule has 3 N–H and O–H groups in total. The molecule has 5 aromatic heterocycles. The molecule has 37 heavy (non-hydrogen) atoms. The van der Waals surface area contributed by atoms with Crippen LogP contribution < -0.4 is 16.7 Å². The van der Waals surface area contributed by atoms with E-state index in [1.807, 2.05) is 6.92 Å². The zero-order chi connectivity index (χ0) is 25.3. The largest absolute Gasteiger partial charge is 0.461 e. The van der Waals surface area contributed by atoms with Crippen LogP contribution in [0.25, 0.3) is 28.4 Å². The lowest BCUT2D eigenvalue weighted by molar-refractivity contribution is 0.0939. The highest BCUT2D eigenvalue weighted by atomic mass is 16.3. The maximum Gasteiger partial charge on any atom is 0.330 e. The van der Waals surface area contributed by atoms with Gasteiger partial charge in [-0.1, -0.05) is 0 Å². The van der Waals surface area contributed by atoms with Crippen molar-refractivity contribution in [3.05, 3.63) is 46.3 Å². The Morgan fingerprint density at radius 1 is 1.14 bits per heavy atom. The van der Waals surface area contributed by atoms with Crippen molar-refractivity contribution >= 4 is 28.7 Å². The maximum absolute atomic E-state index is 13.7. The van der Waals surface area contributed by atoms with Gasteiger partial charge in [-0.2, -0.15) is 14.6 Å². The maximum atomic E-state index is 13.7. The fraction of sp³-hybridized carbons (Fsp3) is 0.417. The number of aromatic nitrogens is 8. The van der Waals surface area contributed by atoms with Gasteiger partial charge in [0.15, 0.2) is 17.1 Å². The summed E-state index contributed by atoms with van der Waals surface area (Å²) in [6.45, 7) is 3.00. The lowest BCUT2D eigenvalue weighted by Crippen LogP contribution is -2.30. The molecule has 2 aliphatic rings. The molecule has 0 radical (unpaired) electrons. The molecule has 13 heteroatoms. The van der Waals surface area contributed by atoms with Gasteiger partial charge in [0.05, 0.1) is 18.5 Å². The molecule has 0 aliphatic heterocycles.